The van der Waals surface area contributed by atoms with E-state index in [1.54, 1.807) is 34.6 Å². The van der Waals surface area contributed by atoms with Crippen LogP contribution in [0.15, 0.2) is 12.1 Å². The second kappa shape index (κ2) is 4.76. The molecule has 5 nitrogen and oxygen atoms in total. The molecule has 0 saturated carbocycles. The summed E-state index contributed by atoms with van der Waals surface area (Å²) in [6, 6.07) is 2.97. The van der Waals surface area contributed by atoms with Crippen LogP contribution < -0.4 is 0 Å². The predicted molar refractivity (Wildman–Crippen MR) is 67.7 cm³/mol. The molecule has 0 N–H and O–H groups in total. The van der Waals surface area contributed by atoms with Gasteiger partial charge < -0.3 is 4.74 Å². The second-order valence-electron chi connectivity index (χ2n) is 5.22. The summed E-state index contributed by atoms with van der Waals surface area (Å²) < 4.78 is 5.23. The van der Waals surface area contributed by atoms with E-state index < -0.39 is 16.5 Å². The molecule has 0 unspecified atom stereocenters. The summed E-state index contributed by atoms with van der Waals surface area (Å²) >= 11 is 0. The van der Waals surface area contributed by atoms with Crippen LogP contribution in [0.3, 0.4) is 0 Å². The summed E-state index contributed by atoms with van der Waals surface area (Å²) in [6.45, 7) is 8.54. The number of ether oxygens (including phenoxy) is 1. The molecule has 18 heavy (non-hydrogen) atoms. The molecule has 0 radical (unpaired) electrons. The summed E-state index contributed by atoms with van der Waals surface area (Å²) in [7, 11) is 0. The average molecular weight is 251 g/mol. The fourth-order valence-electron chi connectivity index (χ4n) is 1.70. The highest BCUT2D eigenvalue weighted by atomic mass is 16.6. The minimum atomic E-state index is -0.583. The lowest BCUT2D eigenvalue weighted by Crippen LogP contribution is -2.24. The maximum absolute atomic E-state index is 11.9. The molecule has 98 valence electrons. The molecule has 0 atom stereocenters. The number of rotatable bonds is 2. The Hall–Kier alpha value is -1.91. The zero-order valence-corrected chi connectivity index (χ0v) is 11.2. The van der Waals surface area contributed by atoms with E-state index in [9.17, 15) is 14.9 Å². The van der Waals surface area contributed by atoms with Crippen molar-refractivity contribution in [2.75, 3.05) is 0 Å². The lowest BCUT2D eigenvalue weighted by Gasteiger charge is -2.19. The van der Waals surface area contributed by atoms with Crippen molar-refractivity contribution in [3.05, 3.63) is 38.9 Å². The predicted octanol–water partition coefficient (Wildman–Crippen LogP) is 3.17. The molecule has 0 saturated heterocycles. The number of esters is 1. The SMILES string of the molecule is Cc1cc(C(=O)OC(C)(C)C)cc(C)c1[N+](=O)[O-]. The molecule has 0 heterocycles. The Morgan fingerprint density at radius 3 is 2.00 bits per heavy atom. The van der Waals surface area contributed by atoms with Gasteiger partial charge in [-0.2, -0.15) is 0 Å². The van der Waals surface area contributed by atoms with E-state index in [2.05, 4.69) is 0 Å². The molecule has 0 spiro atoms. The summed E-state index contributed by atoms with van der Waals surface area (Å²) in [4.78, 5) is 22.3. The van der Waals surface area contributed by atoms with E-state index in [1.807, 2.05) is 0 Å². The Kier molecular flexibility index (Phi) is 3.74. The fraction of sp³-hybridized carbons (Fsp3) is 0.462. The van der Waals surface area contributed by atoms with Gasteiger partial charge in [-0.05, 0) is 46.8 Å². The van der Waals surface area contributed by atoms with Crippen LogP contribution in [0, 0.1) is 24.0 Å². The molecule has 0 aliphatic rings. The van der Waals surface area contributed by atoms with Gasteiger partial charge in [-0.1, -0.05) is 0 Å². The van der Waals surface area contributed by atoms with Crippen LogP contribution in [0.5, 0.6) is 0 Å². The van der Waals surface area contributed by atoms with E-state index in [4.69, 9.17) is 4.74 Å². The number of carbonyl (C=O) groups is 1. The Labute approximate surface area is 106 Å². The molecule has 0 amide bonds. The van der Waals surface area contributed by atoms with Crippen LogP contribution >= 0.6 is 0 Å². The first-order chi connectivity index (χ1) is 8.11. The highest BCUT2D eigenvalue weighted by molar-refractivity contribution is 5.90. The second-order valence-corrected chi connectivity index (χ2v) is 5.22. The molecular weight excluding hydrogens is 234 g/mol. The van der Waals surface area contributed by atoms with Gasteiger partial charge >= 0.3 is 5.97 Å². The van der Waals surface area contributed by atoms with Gasteiger partial charge in [-0.15, -0.1) is 0 Å². The average Bonchev–Trinajstić information content (AvgIpc) is 2.12. The Balaban J connectivity index is 3.15. The van der Waals surface area contributed by atoms with E-state index in [0.29, 0.717) is 16.7 Å². The van der Waals surface area contributed by atoms with Gasteiger partial charge in [0.15, 0.2) is 0 Å². The Bertz CT molecular complexity index is 477. The standard InChI is InChI=1S/C13H17NO4/c1-8-6-10(12(15)18-13(3,4)5)7-9(2)11(8)14(16)17/h6-7H,1-5H3. The van der Waals surface area contributed by atoms with Crippen molar-refractivity contribution < 1.29 is 14.5 Å². The summed E-state index contributed by atoms with van der Waals surface area (Å²) in [5, 5.41) is 10.8. The van der Waals surface area contributed by atoms with Crippen LogP contribution in [0.25, 0.3) is 0 Å². The van der Waals surface area contributed by atoms with E-state index in [1.165, 1.54) is 12.1 Å². The Morgan fingerprint density at radius 2 is 1.67 bits per heavy atom. The minimum absolute atomic E-state index is 0.0438. The third kappa shape index (κ3) is 3.29. The summed E-state index contributed by atoms with van der Waals surface area (Å²) in [5.74, 6) is -0.469. The zero-order valence-electron chi connectivity index (χ0n) is 11.2. The highest BCUT2D eigenvalue weighted by Gasteiger charge is 2.22. The first-order valence-electron chi connectivity index (χ1n) is 5.61. The van der Waals surface area contributed by atoms with Gasteiger partial charge in [0.25, 0.3) is 5.69 Å². The summed E-state index contributed by atoms with van der Waals surface area (Å²) in [5.41, 5.74) is 0.718. The van der Waals surface area contributed by atoms with Gasteiger partial charge in [0.2, 0.25) is 0 Å². The smallest absolute Gasteiger partial charge is 0.338 e. The largest absolute Gasteiger partial charge is 0.456 e. The van der Waals surface area contributed by atoms with Gasteiger partial charge in [0.05, 0.1) is 10.5 Å². The van der Waals surface area contributed by atoms with Gasteiger partial charge in [0, 0.05) is 11.1 Å². The lowest BCUT2D eigenvalue weighted by atomic mass is 10.0. The van der Waals surface area contributed by atoms with Crippen molar-refractivity contribution in [1.82, 2.24) is 0 Å². The zero-order chi connectivity index (χ0) is 14.1. The summed E-state index contributed by atoms with van der Waals surface area (Å²) in [6.07, 6.45) is 0. The molecule has 1 aromatic carbocycles. The first-order valence-corrected chi connectivity index (χ1v) is 5.61. The van der Waals surface area contributed by atoms with Crippen LogP contribution in [0.4, 0.5) is 5.69 Å². The van der Waals surface area contributed by atoms with Crippen LogP contribution in [-0.4, -0.2) is 16.5 Å². The van der Waals surface area contributed by atoms with Gasteiger partial charge in [0.1, 0.15) is 5.60 Å². The third-order valence-electron chi connectivity index (χ3n) is 2.31. The number of nitro groups is 1. The number of hydrogen-bond acceptors (Lipinski definition) is 4. The first kappa shape index (κ1) is 14.2. The monoisotopic (exact) mass is 251 g/mol. The lowest BCUT2D eigenvalue weighted by molar-refractivity contribution is -0.386. The van der Waals surface area contributed by atoms with Gasteiger partial charge in [-0.3, -0.25) is 10.1 Å². The van der Waals surface area contributed by atoms with E-state index in [-0.39, 0.29) is 5.69 Å². The van der Waals surface area contributed by atoms with Gasteiger partial charge in [-0.25, -0.2) is 4.79 Å². The molecule has 0 aliphatic carbocycles. The maximum atomic E-state index is 11.9. The van der Waals surface area contributed by atoms with Crippen LogP contribution in [0.2, 0.25) is 0 Å². The van der Waals surface area contributed by atoms with Crippen molar-refractivity contribution in [3.63, 3.8) is 0 Å². The van der Waals surface area contributed by atoms with E-state index in [0.717, 1.165) is 0 Å². The molecule has 0 aromatic heterocycles. The van der Waals surface area contributed by atoms with Crippen molar-refractivity contribution in [1.29, 1.82) is 0 Å². The maximum Gasteiger partial charge on any atom is 0.338 e. The third-order valence-corrected chi connectivity index (χ3v) is 2.31. The molecule has 1 aromatic rings. The highest BCUT2D eigenvalue weighted by Crippen LogP contribution is 2.25. The van der Waals surface area contributed by atoms with Crippen LogP contribution in [0.1, 0.15) is 42.3 Å². The quantitative estimate of drug-likeness (QED) is 0.460. The minimum Gasteiger partial charge on any atom is -0.456 e. The van der Waals surface area contributed by atoms with Crippen molar-refractivity contribution >= 4 is 11.7 Å². The molecule has 1 rings (SSSR count). The van der Waals surface area contributed by atoms with Crippen molar-refractivity contribution in [3.8, 4) is 0 Å². The number of benzene rings is 1. The number of nitro benzene ring substituents is 1. The van der Waals surface area contributed by atoms with Crippen LogP contribution in [-0.2, 0) is 4.74 Å². The molecule has 0 fully saturated rings. The molecular formula is C13H17NO4. The Morgan fingerprint density at radius 1 is 1.22 bits per heavy atom. The number of aryl methyl sites for hydroxylation is 2. The van der Waals surface area contributed by atoms with Crippen molar-refractivity contribution in [2.24, 2.45) is 0 Å². The molecule has 0 bridgehead atoms. The number of nitrogens with zero attached hydrogens (tertiary/aromatic N) is 1. The fourth-order valence-corrected chi connectivity index (χ4v) is 1.70. The number of hydrogen-bond donors (Lipinski definition) is 0. The topological polar surface area (TPSA) is 69.4 Å². The molecule has 5 heteroatoms. The van der Waals surface area contributed by atoms with E-state index >= 15 is 0 Å². The van der Waals surface area contributed by atoms with Crippen molar-refractivity contribution in [2.45, 2.75) is 40.2 Å². The normalized spacial score (nSPS) is 11.2. The molecule has 0 aliphatic heterocycles. The number of carbonyl (C=O) groups excluding carboxylic acids is 1.